The molecule has 0 saturated heterocycles. The Morgan fingerprint density at radius 3 is 2.63 bits per heavy atom. The average Bonchev–Trinajstić information content (AvgIpc) is 2.69. The van der Waals surface area contributed by atoms with Gasteiger partial charge in [-0.25, -0.2) is 0 Å². The van der Waals surface area contributed by atoms with Crippen molar-refractivity contribution in [1.82, 2.24) is 15.2 Å². The van der Waals surface area contributed by atoms with E-state index in [1.54, 1.807) is 20.3 Å². The predicted octanol–water partition coefficient (Wildman–Crippen LogP) is 4.21. The molecule has 27 heavy (non-hydrogen) atoms. The van der Waals surface area contributed by atoms with Gasteiger partial charge in [0.15, 0.2) is 5.82 Å². The summed E-state index contributed by atoms with van der Waals surface area (Å²) in [6.45, 7) is 2.43. The van der Waals surface area contributed by atoms with Crippen LogP contribution in [0.4, 0.5) is 17.5 Å². The topological polar surface area (TPSA) is 81.2 Å². The molecule has 0 aliphatic carbocycles. The van der Waals surface area contributed by atoms with Gasteiger partial charge in [0.1, 0.15) is 11.5 Å². The maximum absolute atomic E-state index is 6.15. The molecule has 0 bridgehead atoms. The minimum Gasteiger partial charge on any atom is -0.496 e. The molecule has 3 rings (SSSR count). The Kier molecular flexibility index (Phi) is 5.93. The Hall–Kier alpha value is -3.06. The van der Waals surface area contributed by atoms with E-state index in [0.29, 0.717) is 29.1 Å². The van der Waals surface area contributed by atoms with Crippen LogP contribution in [0.5, 0.6) is 11.5 Å². The first-order valence-corrected chi connectivity index (χ1v) is 8.65. The fraction of sp³-hybridized carbons (Fsp3) is 0.211. The molecule has 3 aromatic rings. The molecule has 0 atom stereocenters. The van der Waals surface area contributed by atoms with E-state index in [1.807, 2.05) is 37.3 Å². The number of methoxy groups -OCH3 is 2. The highest BCUT2D eigenvalue weighted by molar-refractivity contribution is 6.31. The SMILES string of the molecule is COc1ccccc1CNc1nncc(Nc2cc(C)c(Cl)cc2OC)n1. The highest BCUT2D eigenvalue weighted by Crippen LogP contribution is 2.32. The number of hydrogen-bond acceptors (Lipinski definition) is 7. The monoisotopic (exact) mass is 385 g/mol. The van der Waals surface area contributed by atoms with Crippen molar-refractivity contribution in [3.05, 3.63) is 58.7 Å². The predicted molar refractivity (Wildman–Crippen MR) is 106 cm³/mol. The van der Waals surface area contributed by atoms with E-state index < -0.39 is 0 Å². The third-order valence-electron chi connectivity index (χ3n) is 3.93. The molecule has 0 unspecified atom stereocenters. The van der Waals surface area contributed by atoms with Gasteiger partial charge >= 0.3 is 0 Å². The number of para-hydroxylation sites is 1. The molecule has 0 fully saturated rings. The van der Waals surface area contributed by atoms with Crippen LogP contribution in [0.2, 0.25) is 5.02 Å². The lowest BCUT2D eigenvalue weighted by Crippen LogP contribution is -2.07. The summed E-state index contributed by atoms with van der Waals surface area (Å²) in [5, 5.41) is 15.0. The van der Waals surface area contributed by atoms with Gasteiger partial charge in [0.05, 0.1) is 26.1 Å². The van der Waals surface area contributed by atoms with E-state index in [0.717, 1.165) is 22.6 Å². The summed E-state index contributed by atoms with van der Waals surface area (Å²) in [4.78, 5) is 4.44. The Morgan fingerprint density at radius 2 is 1.85 bits per heavy atom. The second kappa shape index (κ2) is 8.55. The second-order valence-electron chi connectivity index (χ2n) is 5.76. The first-order valence-electron chi connectivity index (χ1n) is 8.27. The van der Waals surface area contributed by atoms with Gasteiger partial charge in [0.25, 0.3) is 0 Å². The average molecular weight is 386 g/mol. The zero-order valence-corrected chi connectivity index (χ0v) is 16.0. The van der Waals surface area contributed by atoms with Gasteiger partial charge in [-0.3, -0.25) is 0 Å². The van der Waals surface area contributed by atoms with E-state index in [2.05, 4.69) is 25.8 Å². The Labute approximate surface area is 162 Å². The molecular formula is C19H20ClN5O2. The fourth-order valence-corrected chi connectivity index (χ4v) is 2.68. The summed E-state index contributed by atoms with van der Waals surface area (Å²) in [5.74, 6) is 2.35. The molecule has 140 valence electrons. The molecule has 0 spiro atoms. The van der Waals surface area contributed by atoms with Gasteiger partial charge in [-0.05, 0) is 24.6 Å². The number of benzene rings is 2. The first kappa shape index (κ1) is 18.7. The number of nitrogens with one attached hydrogen (secondary N) is 2. The van der Waals surface area contributed by atoms with Crippen LogP contribution in [-0.2, 0) is 6.54 Å². The van der Waals surface area contributed by atoms with Gasteiger partial charge in [-0.2, -0.15) is 10.1 Å². The van der Waals surface area contributed by atoms with E-state index >= 15 is 0 Å². The number of halogens is 1. The Balaban J connectivity index is 1.75. The van der Waals surface area contributed by atoms with E-state index in [9.17, 15) is 0 Å². The molecule has 0 aliphatic rings. The minimum absolute atomic E-state index is 0.399. The van der Waals surface area contributed by atoms with E-state index in [-0.39, 0.29) is 0 Å². The number of aromatic nitrogens is 3. The molecule has 0 aliphatic heterocycles. The summed E-state index contributed by atoms with van der Waals surface area (Å²) >= 11 is 6.15. The van der Waals surface area contributed by atoms with E-state index in [1.165, 1.54) is 6.20 Å². The first-order chi connectivity index (χ1) is 13.1. The minimum atomic E-state index is 0.399. The number of ether oxygens (including phenoxy) is 2. The summed E-state index contributed by atoms with van der Waals surface area (Å²) in [6, 6.07) is 11.4. The van der Waals surface area contributed by atoms with Crippen LogP contribution in [0.1, 0.15) is 11.1 Å². The van der Waals surface area contributed by atoms with Gasteiger partial charge in [-0.15, -0.1) is 5.10 Å². The molecule has 0 saturated carbocycles. The van der Waals surface area contributed by atoms with Crippen LogP contribution >= 0.6 is 11.6 Å². The van der Waals surface area contributed by atoms with Crippen molar-refractivity contribution >= 4 is 29.1 Å². The Morgan fingerprint density at radius 1 is 1.07 bits per heavy atom. The fourth-order valence-electron chi connectivity index (χ4n) is 2.53. The van der Waals surface area contributed by atoms with Gasteiger partial charge in [0.2, 0.25) is 5.95 Å². The van der Waals surface area contributed by atoms with E-state index in [4.69, 9.17) is 21.1 Å². The zero-order valence-electron chi connectivity index (χ0n) is 15.3. The molecule has 8 heteroatoms. The van der Waals surface area contributed by atoms with Crippen LogP contribution in [0.15, 0.2) is 42.6 Å². The van der Waals surface area contributed by atoms with Gasteiger partial charge in [-0.1, -0.05) is 29.8 Å². The number of anilines is 3. The number of nitrogens with zero attached hydrogens (tertiary/aromatic N) is 3. The lowest BCUT2D eigenvalue weighted by Gasteiger charge is -2.13. The third kappa shape index (κ3) is 4.57. The van der Waals surface area contributed by atoms with Crippen LogP contribution in [0.3, 0.4) is 0 Å². The second-order valence-corrected chi connectivity index (χ2v) is 6.16. The smallest absolute Gasteiger partial charge is 0.244 e. The number of aryl methyl sites for hydroxylation is 1. The van der Waals surface area contributed by atoms with Crippen LogP contribution in [0, 0.1) is 6.92 Å². The van der Waals surface area contributed by atoms with Crippen molar-refractivity contribution in [2.75, 3.05) is 24.9 Å². The summed E-state index contributed by atoms with van der Waals surface area (Å²) in [7, 11) is 3.23. The third-order valence-corrected chi connectivity index (χ3v) is 4.34. The summed E-state index contributed by atoms with van der Waals surface area (Å²) in [5.41, 5.74) is 2.67. The molecule has 7 nitrogen and oxygen atoms in total. The highest BCUT2D eigenvalue weighted by Gasteiger charge is 2.09. The summed E-state index contributed by atoms with van der Waals surface area (Å²) in [6.07, 6.45) is 1.54. The molecule has 2 aromatic carbocycles. The molecule has 0 radical (unpaired) electrons. The van der Waals surface area contributed by atoms with Crippen LogP contribution in [0.25, 0.3) is 0 Å². The number of rotatable bonds is 7. The van der Waals surface area contributed by atoms with Crippen LogP contribution in [-0.4, -0.2) is 29.4 Å². The Bertz CT molecular complexity index is 936. The van der Waals surface area contributed by atoms with Crippen molar-refractivity contribution in [3.63, 3.8) is 0 Å². The molecule has 2 N–H and O–H groups in total. The summed E-state index contributed by atoms with van der Waals surface area (Å²) < 4.78 is 10.7. The molecule has 1 heterocycles. The lowest BCUT2D eigenvalue weighted by molar-refractivity contribution is 0.410. The van der Waals surface area contributed by atoms with Crippen molar-refractivity contribution in [2.24, 2.45) is 0 Å². The number of hydrogen-bond donors (Lipinski definition) is 2. The van der Waals surface area contributed by atoms with Crippen molar-refractivity contribution < 1.29 is 9.47 Å². The van der Waals surface area contributed by atoms with Crippen molar-refractivity contribution in [2.45, 2.75) is 13.5 Å². The van der Waals surface area contributed by atoms with Gasteiger partial charge < -0.3 is 20.1 Å². The standard InChI is InChI=1S/C19H20ClN5O2/c1-12-8-15(17(27-3)9-14(12)20)23-18-11-22-25-19(24-18)21-10-13-6-4-5-7-16(13)26-2/h4-9,11H,10H2,1-3H3,(H2,21,23,24,25). The highest BCUT2D eigenvalue weighted by atomic mass is 35.5. The maximum atomic E-state index is 6.15. The van der Waals surface area contributed by atoms with Crippen molar-refractivity contribution in [1.29, 1.82) is 0 Å². The largest absolute Gasteiger partial charge is 0.496 e. The zero-order chi connectivity index (χ0) is 19.2. The molecule has 0 amide bonds. The van der Waals surface area contributed by atoms with Gasteiger partial charge in [0, 0.05) is 23.2 Å². The van der Waals surface area contributed by atoms with Crippen LogP contribution < -0.4 is 20.1 Å². The lowest BCUT2D eigenvalue weighted by atomic mass is 10.2. The molecular weight excluding hydrogens is 366 g/mol. The quantitative estimate of drug-likeness (QED) is 0.630. The molecule has 1 aromatic heterocycles. The maximum Gasteiger partial charge on any atom is 0.244 e. The normalized spacial score (nSPS) is 10.4. The van der Waals surface area contributed by atoms with Crippen molar-refractivity contribution in [3.8, 4) is 11.5 Å².